The van der Waals surface area contributed by atoms with Crippen LogP contribution in [0.4, 0.5) is 0 Å². The van der Waals surface area contributed by atoms with Crippen LogP contribution in [-0.2, 0) is 7.05 Å². The number of rotatable bonds is 2. The second-order valence-corrected chi connectivity index (χ2v) is 4.82. The van der Waals surface area contributed by atoms with Gasteiger partial charge in [-0.15, -0.1) is 0 Å². The van der Waals surface area contributed by atoms with Crippen molar-refractivity contribution in [3.8, 4) is 22.6 Å². The highest BCUT2D eigenvalue weighted by Crippen LogP contribution is 2.25. The summed E-state index contributed by atoms with van der Waals surface area (Å²) in [7, 11) is 1.68. The highest BCUT2D eigenvalue weighted by atomic mass is 16.3. The predicted molar refractivity (Wildman–Crippen MR) is 77.8 cm³/mol. The zero-order chi connectivity index (χ0) is 15.3. The molecule has 21 heavy (non-hydrogen) atoms. The molecule has 0 amide bonds. The lowest BCUT2D eigenvalue weighted by Gasteiger charge is -2.07. The van der Waals surface area contributed by atoms with Crippen molar-refractivity contribution in [3.05, 3.63) is 66.8 Å². The minimum absolute atomic E-state index is 0.0726. The maximum absolute atomic E-state index is 12.6. The number of aromatic nitrogens is 2. The Morgan fingerprint density at radius 3 is 2.14 bits per heavy atom. The topological polar surface area (TPSA) is 81.3 Å². The van der Waals surface area contributed by atoms with E-state index in [1.807, 2.05) is 6.07 Å². The summed E-state index contributed by atoms with van der Waals surface area (Å²) < 4.78 is 2.98. The van der Waals surface area contributed by atoms with Gasteiger partial charge >= 0.3 is 0 Å². The maximum Gasteiger partial charge on any atom is 0.279 e. The summed E-state index contributed by atoms with van der Waals surface area (Å²) in [5.41, 5.74) is -1.18. The molecule has 0 aliphatic rings. The van der Waals surface area contributed by atoms with Crippen LogP contribution < -0.4 is 16.4 Å². The molecule has 0 bridgehead atoms. The molecule has 0 saturated carbocycles. The van der Waals surface area contributed by atoms with Crippen LogP contribution in [0.3, 0.4) is 0 Å². The van der Waals surface area contributed by atoms with Gasteiger partial charge in [0.1, 0.15) is 0 Å². The molecule has 0 aliphatic carbocycles. The van der Waals surface area contributed by atoms with Crippen LogP contribution in [0.5, 0.6) is 5.75 Å². The quantitative estimate of drug-likeness (QED) is 0.693. The first-order valence-electron chi connectivity index (χ1n) is 6.31. The summed E-state index contributed by atoms with van der Waals surface area (Å²) in [6.07, 6.45) is 0. The summed E-state index contributed by atoms with van der Waals surface area (Å²) >= 11 is 0. The Hall–Kier alpha value is -2.89. The van der Waals surface area contributed by atoms with Crippen molar-refractivity contribution in [2.75, 3.05) is 0 Å². The van der Waals surface area contributed by atoms with Crippen molar-refractivity contribution in [1.82, 2.24) is 9.36 Å². The first-order valence-corrected chi connectivity index (χ1v) is 6.31. The standard InChI is InChI=1S/C15H12N2O4/c1-8-10(11-12(18)14(20)13(11)19)15(21)17(16(8)2)9-6-4-3-5-7-9/h3-7,18H,1-2H3. The van der Waals surface area contributed by atoms with Gasteiger partial charge in [0.15, 0.2) is 5.75 Å². The molecule has 0 fully saturated rings. The molecule has 0 saturated heterocycles. The molecule has 3 rings (SSSR count). The highest BCUT2D eigenvalue weighted by molar-refractivity contribution is 5.75. The highest BCUT2D eigenvalue weighted by Gasteiger charge is 2.28. The predicted octanol–water partition coefficient (Wildman–Crippen LogP) is 0.453. The maximum atomic E-state index is 12.6. The van der Waals surface area contributed by atoms with Gasteiger partial charge in [0, 0.05) is 12.7 Å². The number of nitrogens with zero attached hydrogens (tertiary/aromatic N) is 2. The van der Waals surface area contributed by atoms with E-state index >= 15 is 0 Å². The minimum atomic E-state index is -0.945. The average molecular weight is 284 g/mol. The summed E-state index contributed by atoms with van der Waals surface area (Å²) in [6.45, 7) is 1.66. The molecule has 106 valence electrons. The Bertz CT molecular complexity index is 970. The van der Waals surface area contributed by atoms with E-state index in [0.29, 0.717) is 11.4 Å². The zero-order valence-corrected chi connectivity index (χ0v) is 11.5. The third-order valence-electron chi connectivity index (χ3n) is 3.69. The Labute approximate surface area is 118 Å². The molecule has 2 aromatic carbocycles. The Balaban J connectivity index is 2.35. The van der Waals surface area contributed by atoms with Gasteiger partial charge in [-0.3, -0.25) is 19.1 Å². The van der Waals surface area contributed by atoms with E-state index < -0.39 is 22.2 Å². The third kappa shape index (κ3) is 1.62. The fraction of sp³-hybridized carbons (Fsp3) is 0.133. The van der Waals surface area contributed by atoms with Gasteiger partial charge in [0.25, 0.3) is 11.0 Å². The molecule has 0 atom stereocenters. The van der Waals surface area contributed by atoms with Crippen molar-refractivity contribution >= 4 is 0 Å². The molecule has 1 heterocycles. The van der Waals surface area contributed by atoms with Gasteiger partial charge < -0.3 is 5.11 Å². The van der Waals surface area contributed by atoms with Crippen LogP contribution in [0.1, 0.15) is 5.69 Å². The number of hydrogen-bond donors (Lipinski definition) is 1. The van der Waals surface area contributed by atoms with E-state index in [-0.39, 0.29) is 11.1 Å². The van der Waals surface area contributed by atoms with Crippen LogP contribution in [0.15, 0.2) is 44.7 Å². The van der Waals surface area contributed by atoms with Crippen molar-refractivity contribution in [2.24, 2.45) is 7.05 Å². The number of para-hydroxylation sites is 1. The largest absolute Gasteiger partial charge is 0.503 e. The lowest BCUT2D eigenvalue weighted by atomic mass is 10.0. The van der Waals surface area contributed by atoms with Crippen LogP contribution in [0, 0.1) is 6.92 Å². The van der Waals surface area contributed by atoms with Crippen LogP contribution in [0.25, 0.3) is 16.8 Å². The molecule has 0 unspecified atom stereocenters. The van der Waals surface area contributed by atoms with Gasteiger partial charge in [-0.25, -0.2) is 4.68 Å². The Morgan fingerprint density at radius 2 is 1.57 bits per heavy atom. The fourth-order valence-electron chi connectivity index (χ4n) is 2.47. The molecule has 6 heteroatoms. The molecule has 0 aliphatic heterocycles. The zero-order valence-electron chi connectivity index (χ0n) is 11.5. The SMILES string of the molecule is Cc1c(-c2c(O)c(=O)c2=O)c(=O)n(-c2ccccc2)n1C. The molecule has 6 nitrogen and oxygen atoms in total. The Morgan fingerprint density at radius 1 is 0.952 bits per heavy atom. The summed E-state index contributed by atoms with van der Waals surface area (Å²) in [5, 5.41) is 9.57. The number of benzene rings is 1. The number of aromatic hydroxyl groups is 1. The van der Waals surface area contributed by atoms with Crippen molar-refractivity contribution < 1.29 is 5.11 Å². The van der Waals surface area contributed by atoms with Gasteiger partial charge in [0.2, 0.25) is 5.43 Å². The van der Waals surface area contributed by atoms with E-state index in [4.69, 9.17) is 0 Å². The lowest BCUT2D eigenvalue weighted by Crippen LogP contribution is -2.33. The average Bonchev–Trinajstić information content (AvgIpc) is 2.71. The van der Waals surface area contributed by atoms with E-state index in [1.165, 1.54) is 4.68 Å². The molecular formula is C15H12N2O4. The first-order chi connectivity index (χ1) is 9.95. The van der Waals surface area contributed by atoms with Crippen molar-refractivity contribution in [2.45, 2.75) is 6.92 Å². The van der Waals surface area contributed by atoms with Crippen molar-refractivity contribution in [1.29, 1.82) is 0 Å². The summed E-state index contributed by atoms with van der Waals surface area (Å²) in [5.74, 6) is -0.633. The van der Waals surface area contributed by atoms with Crippen molar-refractivity contribution in [3.63, 3.8) is 0 Å². The minimum Gasteiger partial charge on any atom is -0.503 e. The lowest BCUT2D eigenvalue weighted by molar-refractivity contribution is 0.465. The van der Waals surface area contributed by atoms with Gasteiger partial charge in [-0.2, -0.15) is 0 Å². The van der Waals surface area contributed by atoms with E-state index in [0.717, 1.165) is 0 Å². The van der Waals surface area contributed by atoms with Gasteiger partial charge in [0.05, 0.1) is 16.8 Å². The van der Waals surface area contributed by atoms with Crippen LogP contribution in [-0.4, -0.2) is 14.5 Å². The number of hydrogen-bond acceptors (Lipinski definition) is 4. The molecule has 0 radical (unpaired) electrons. The Kier molecular flexibility index (Phi) is 2.69. The van der Waals surface area contributed by atoms with E-state index in [9.17, 15) is 19.5 Å². The second-order valence-electron chi connectivity index (χ2n) is 4.82. The monoisotopic (exact) mass is 284 g/mol. The smallest absolute Gasteiger partial charge is 0.279 e. The van der Waals surface area contributed by atoms with Crippen LogP contribution >= 0.6 is 0 Å². The first kappa shape index (κ1) is 13.1. The molecule has 1 aromatic heterocycles. The molecular weight excluding hydrogens is 272 g/mol. The van der Waals surface area contributed by atoms with Gasteiger partial charge in [-0.05, 0) is 19.1 Å². The summed E-state index contributed by atoms with van der Waals surface area (Å²) in [4.78, 5) is 35.3. The molecule has 1 N–H and O–H groups in total. The van der Waals surface area contributed by atoms with E-state index in [2.05, 4.69) is 0 Å². The van der Waals surface area contributed by atoms with E-state index in [1.54, 1.807) is 42.9 Å². The second kappa shape index (κ2) is 4.31. The normalized spacial score (nSPS) is 11.1. The molecule has 3 aromatic rings. The fourth-order valence-corrected chi connectivity index (χ4v) is 2.47. The third-order valence-corrected chi connectivity index (χ3v) is 3.69. The summed E-state index contributed by atoms with van der Waals surface area (Å²) in [6, 6.07) is 8.92. The van der Waals surface area contributed by atoms with Crippen LogP contribution in [0.2, 0.25) is 0 Å². The molecule has 0 spiro atoms. The van der Waals surface area contributed by atoms with Gasteiger partial charge in [-0.1, -0.05) is 18.2 Å².